The molecule has 0 aromatic heterocycles. The summed E-state index contributed by atoms with van der Waals surface area (Å²) in [5.41, 5.74) is 2.58. The van der Waals surface area contributed by atoms with E-state index in [0.29, 0.717) is 19.4 Å². The summed E-state index contributed by atoms with van der Waals surface area (Å²) in [6, 6.07) is 7.71. The summed E-state index contributed by atoms with van der Waals surface area (Å²) in [6.07, 6.45) is 4.62. The summed E-state index contributed by atoms with van der Waals surface area (Å²) in [4.78, 5) is 16.5. The number of carbonyl (C=O) groups excluding carboxylic acids is 1. The molecule has 128 valence electrons. The molecular formula is C15H21ClN2O4S. The van der Waals surface area contributed by atoms with Crippen LogP contribution in [0.1, 0.15) is 37.7 Å². The Hall–Kier alpha value is -0.830. The van der Waals surface area contributed by atoms with Crippen molar-refractivity contribution >= 4 is 29.6 Å². The van der Waals surface area contributed by atoms with E-state index in [-0.39, 0.29) is 11.3 Å². The van der Waals surface area contributed by atoms with Crippen molar-refractivity contribution in [1.29, 1.82) is 0 Å². The number of hydroxylamine groups is 3. The van der Waals surface area contributed by atoms with Gasteiger partial charge in [-0.15, -0.1) is 0 Å². The van der Waals surface area contributed by atoms with Gasteiger partial charge in [-0.05, 0) is 24.5 Å². The Bertz CT molecular complexity index is 506. The monoisotopic (exact) mass is 360 g/mol. The smallest absolute Gasteiger partial charge is 0.243 e. The topological polar surface area (TPSA) is 71.0 Å². The van der Waals surface area contributed by atoms with E-state index in [4.69, 9.17) is 25.9 Å². The number of halogens is 1. The predicted molar refractivity (Wildman–Crippen MR) is 88.4 cm³/mol. The Morgan fingerprint density at radius 3 is 2.87 bits per heavy atom. The molecule has 1 unspecified atom stereocenters. The van der Waals surface area contributed by atoms with Crippen LogP contribution in [0.5, 0.6) is 0 Å². The van der Waals surface area contributed by atoms with E-state index in [9.17, 15) is 4.79 Å². The Balaban J connectivity index is 1.57. The average molecular weight is 361 g/mol. The van der Waals surface area contributed by atoms with Crippen molar-refractivity contribution in [2.75, 3.05) is 6.54 Å². The summed E-state index contributed by atoms with van der Waals surface area (Å²) in [5, 5.41) is 10.6. The van der Waals surface area contributed by atoms with Crippen LogP contribution in [-0.4, -0.2) is 28.3 Å². The van der Waals surface area contributed by atoms with Crippen molar-refractivity contribution in [2.24, 2.45) is 0 Å². The summed E-state index contributed by atoms with van der Waals surface area (Å²) in [5.74, 6) is -0.338. The van der Waals surface area contributed by atoms with Gasteiger partial charge < -0.3 is 0 Å². The zero-order valence-corrected chi connectivity index (χ0v) is 14.3. The normalized spacial score (nSPS) is 18.3. The number of benzene rings is 1. The molecule has 1 amide bonds. The van der Waals surface area contributed by atoms with E-state index >= 15 is 0 Å². The van der Waals surface area contributed by atoms with Crippen LogP contribution in [0.15, 0.2) is 24.3 Å². The van der Waals surface area contributed by atoms with Crippen molar-refractivity contribution in [3.8, 4) is 0 Å². The van der Waals surface area contributed by atoms with Crippen molar-refractivity contribution in [1.82, 2.24) is 10.7 Å². The minimum absolute atomic E-state index is 0.0943. The third kappa shape index (κ3) is 6.66. The molecule has 6 nitrogen and oxygen atoms in total. The third-order valence-electron chi connectivity index (χ3n) is 3.43. The third-order valence-corrected chi connectivity index (χ3v) is 4.52. The SMILES string of the molecule is O=C(CCCCCCN1OSC(Cc2ccccc2Cl)O1)NO. The molecule has 0 aliphatic carbocycles. The van der Waals surface area contributed by atoms with Gasteiger partial charge in [-0.3, -0.25) is 14.8 Å². The first-order valence-corrected chi connectivity index (χ1v) is 8.81. The number of carbonyl (C=O) groups is 1. The molecule has 0 saturated carbocycles. The quantitative estimate of drug-likeness (QED) is 0.304. The van der Waals surface area contributed by atoms with Crippen molar-refractivity contribution in [2.45, 2.75) is 44.0 Å². The first-order chi connectivity index (χ1) is 11.2. The molecule has 0 radical (unpaired) electrons. The molecule has 1 aliphatic heterocycles. The van der Waals surface area contributed by atoms with Crippen LogP contribution in [0.4, 0.5) is 0 Å². The molecule has 1 saturated heterocycles. The maximum atomic E-state index is 10.8. The van der Waals surface area contributed by atoms with Crippen molar-refractivity contribution in [3.63, 3.8) is 0 Å². The zero-order chi connectivity index (χ0) is 16.5. The van der Waals surface area contributed by atoms with Gasteiger partial charge in [-0.1, -0.05) is 47.9 Å². The van der Waals surface area contributed by atoms with E-state index in [1.54, 1.807) is 5.48 Å². The van der Waals surface area contributed by atoms with Crippen LogP contribution < -0.4 is 5.48 Å². The number of unbranched alkanes of at least 4 members (excludes halogenated alkanes) is 3. The highest BCUT2D eigenvalue weighted by atomic mass is 35.5. The van der Waals surface area contributed by atoms with Crippen LogP contribution >= 0.6 is 23.6 Å². The maximum Gasteiger partial charge on any atom is 0.243 e. The lowest BCUT2D eigenvalue weighted by atomic mass is 10.1. The van der Waals surface area contributed by atoms with Crippen LogP contribution in [0.2, 0.25) is 5.02 Å². The van der Waals surface area contributed by atoms with Crippen molar-refractivity contribution in [3.05, 3.63) is 34.9 Å². The molecule has 1 atom stereocenters. The Kier molecular flexibility index (Phi) is 8.14. The molecule has 8 heteroatoms. The lowest BCUT2D eigenvalue weighted by Gasteiger charge is -2.12. The molecule has 1 aliphatic rings. The lowest BCUT2D eigenvalue weighted by Crippen LogP contribution is -2.20. The summed E-state index contributed by atoms with van der Waals surface area (Å²) < 4.78 is 5.43. The highest BCUT2D eigenvalue weighted by molar-refractivity contribution is 7.95. The van der Waals surface area contributed by atoms with Crippen LogP contribution in [-0.2, 0) is 20.3 Å². The van der Waals surface area contributed by atoms with Gasteiger partial charge in [0.1, 0.15) is 0 Å². The first-order valence-electron chi connectivity index (χ1n) is 7.63. The molecule has 1 fully saturated rings. The fourth-order valence-electron chi connectivity index (χ4n) is 2.20. The standard InChI is InChI=1S/C15H21ClN2O4S/c16-13-8-5-4-7-12(13)11-15-21-18(22-23-15)10-6-2-1-3-9-14(19)17-20/h4-5,7-8,15,20H,1-3,6,9-11H2,(H,17,19). The molecule has 0 spiro atoms. The van der Waals surface area contributed by atoms with E-state index in [1.165, 1.54) is 17.3 Å². The first kappa shape index (κ1) is 18.5. The van der Waals surface area contributed by atoms with Crippen LogP contribution in [0.3, 0.4) is 0 Å². The van der Waals surface area contributed by atoms with Crippen molar-refractivity contribution < 1.29 is 19.1 Å². The Morgan fingerprint density at radius 1 is 1.30 bits per heavy atom. The molecule has 1 aromatic carbocycles. The lowest BCUT2D eigenvalue weighted by molar-refractivity contribution is -0.291. The minimum atomic E-state index is -0.338. The van der Waals surface area contributed by atoms with Crippen LogP contribution in [0.25, 0.3) is 0 Å². The minimum Gasteiger partial charge on any atom is -0.289 e. The van der Waals surface area contributed by atoms with Gasteiger partial charge in [0.15, 0.2) is 5.44 Å². The van der Waals surface area contributed by atoms with Gasteiger partial charge in [0, 0.05) is 17.9 Å². The molecule has 2 rings (SSSR count). The van der Waals surface area contributed by atoms with Gasteiger partial charge in [0.2, 0.25) is 5.91 Å². The number of hydrogen-bond acceptors (Lipinski definition) is 6. The van der Waals surface area contributed by atoms with Crippen LogP contribution in [0, 0.1) is 0 Å². The Labute approximate surface area is 145 Å². The predicted octanol–water partition coefficient (Wildman–Crippen LogP) is 3.49. The van der Waals surface area contributed by atoms with E-state index < -0.39 is 0 Å². The van der Waals surface area contributed by atoms with E-state index in [1.807, 2.05) is 24.3 Å². The molecular weight excluding hydrogens is 340 g/mol. The van der Waals surface area contributed by atoms with E-state index in [2.05, 4.69) is 0 Å². The van der Waals surface area contributed by atoms with Gasteiger partial charge in [-0.2, -0.15) is 0 Å². The van der Waals surface area contributed by atoms with Gasteiger partial charge in [-0.25, -0.2) is 9.76 Å². The van der Waals surface area contributed by atoms with Gasteiger partial charge >= 0.3 is 0 Å². The fraction of sp³-hybridized carbons (Fsp3) is 0.533. The van der Waals surface area contributed by atoms with E-state index in [0.717, 1.165) is 36.3 Å². The molecule has 2 N–H and O–H groups in total. The number of nitrogens with one attached hydrogen (secondary N) is 1. The summed E-state index contributed by atoms with van der Waals surface area (Å²) >= 11 is 7.43. The zero-order valence-electron chi connectivity index (χ0n) is 12.7. The molecule has 1 heterocycles. The average Bonchev–Trinajstić information content (AvgIpc) is 3.00. The second kappa shape index (κ2) is 10.1. The van der Waals surface area contributed by atoms with Gasteiger partial charge in [0.05, 0.1) is 18.6 Å². The number of nitrogens with zero attached hydrogens (tertiary/aromatic N) is 1. The maximum absolute atomic E-state index is 10.8. The highest BCUT2D eigenvalue weighted by Gasteiger charge is 2.26. The second-order valence-corrected chi connectivity index (χ2v) is 6.53. The van der Waals surface area contributed by atoms with Gasteiger partial charge in [0.25, 0.3) is 0 Å². The molecule has 0 bridgehead atoms. The number of amides is 1. The Morgan fingerprint density at radius 2 is 2.09 bits per heavy atom. The number of hydrogen-bond donors (Lipinski definition) is 2. The fourth-order valence-corrected chi connectivity index (χ4v) is 3.10. The number of rotatable bonds is 9. The second-order valence-electron chi connectivity index (χ2n) is 5.26. The highest BCUT2D eigenvalue weighted by Crippen LogP contribution is 2.30. The molecule has 1 aromatic rings. The summed E-state index contributed by atoms with van der Waals surface area (Å²) in [6.45, 7) is 0.679. The summed E-state index contributed by atoms with van der Waals surface area (Å²) in [7, 11) is 0. The largest absolute Gasteiger partial charge is 0.289 e. The molecule has 23 heavy (non-hydrogen) atoms.